The molecule has 3 N–H and O–H groups in total. The van der Waals surface area contributed by atoms with Crippen molar-refractivity contribution in [3.63, 3.8) is 0 Å². The van der Waals surface area contributed by atoms with Crippen molar-refractivity contribution in [2.75, 3.05) is 0 Å². The Kier molecular flexibility index (Phi) is 4.73. The lowest BCUT2D eigenvalue weighted by molar-refractivity contribution is -0.121. The smallest absolute Gasteiger partial charge is 0.273 e. The number of aryl methyl sites for hydroxylation is 1. The normalized spacial score (nSPS) is 10.1. The fraction of sp³-hybridized carbons (Fsp3) is 0.125. The van der Waals surface area contributed by atoms with E-state index >= 15 is 0 Å². The Hall–Kier alpha value is -2.89. The summed E-state index contributed by atoms with van der Waals surface area (Å²) in [5, 5.41) is 9.68. The molecule has 2 aromatic rings. The average Bonchev–Trinajstić information content (AvgIpc) is 2.47. The summed E-state index contributed by atoms with van der Waals surface area (Å²) in [6.45, 7) is 1.78. The third-order valence-electron chi connectivity index (χ3n) is 2.99. The molecular weight excluding hydrogens is 287 g/mol. The van der Waals surface area contributed by atoms with E-state index < -0.39 is 11.8 Å². The van der Waals surface area contributed by atoms with Gasteiger partial charge in [-0.25, -0.2) is 4.39 Å². The highest BCUT2D eigenvalue weighted by molar-refractivity contribution is 5.97. The van der Waals surface area contributed by atoms with Crippen molar-refractivity contribution in [2.24, 2.45) is 0 Å². The first-order valence-electron chi connectivity index (χ1n) is 6.59. The van der Waals surface area contributed by atoms with E-state index in [1.54, 1.807) is 13.0 Å². The average molecular weight is 302 g/mol. The minimum absolute atomic E-state index is 0.000436. The summed E-state index contributed by atoms with van der Waals surface area (Å²) in [7, 11) is 0. The fourth-order valence-electron chi connectivity index (χ4n) is 1.86. The molecule has 2 amide bonds. The highest BCUT2D eigenvalue weighted by Gasteiger charge is 2.12. The van der Waals surface area contributed by atoms with Crippen LogP contribution in [0.1, 0.15) is 21.5 Å². The van der Waals surface area contributed by atoms with Crippen LogP contribution in [0.4, 0.5) is 4.39 Å². The van der Waals surface area contributed by atoms with Crippen molar-refractivity contribution >= 4 is 11.8 Å². The quantitative estimate of drug-likeness (QED) is 0.757. The van der Waals surface area contributed by atoms with Crippen LogP contribution < -0.4 is 10.9 Å². The number of halogens is 1. The van der Waals surface area contributed by atoms with Gasteiger partial charge in [-0.2, -0.15) is 0 Å². The van der Waals surface area contributed by atoms with Crippen molar-refractivity contribution in [1.29, 1.82) is 0 Å². The molecule has 6 heteroatoms. The number of phenolic OH excluding ortho intramolecular Hbond substituents is 1. The van der Waals surface area contributed by atoms with Gasteiger partial charge in [0.15, 0.2) is 0 Å². The van der Waals surface area contributed by atoms with Gasteiger partial charge in [-0.1, -0.05) is 18.2 Å². The third-order valence-corrected chi connectivity index (χ3v) is 2.99. The van der Waals surface area contributed by atoms with E-state index in [4.69, 9.17) is 0 Å². The number of hydrazine groups is 1. The Balaban J connectivity index is 1.90. The molecule has 114 valence electrons. The molecule has 0 unspecified atom stereocenters. The molecule has 0 aliphatic rings. The number of aromatic hydroxyl groups is 1. The summed E-state index contributed by atoms with van der Waals surface area (Å²) in [4.78, 5) is 23.5. The van der Waals surface area contributed by atoms with Gasteiger partial charge in [-0.15, -0.1) is 0 Å². The number of phenols is 1. The van der Waals surface area contributed by atoms with Crippen molar-refractivity contribution < 1.29 is 19.1 Å². The largest absolute Gasteiger partial charge is 0.507 e. The van der Waals surface area contributed by atoms with Crippen LogP contribution in [0.5, 0.6) is 5.75 Å². The van der Waals surface area contributed by atoms with Crippen molar-refractivity contribution in [2.45, 2.75) is 13.3 Å². The molecule has 0 bridgehead atoms. The van der Waals surface area contributed by atoms with Crippen molar-refractivity contribution in [3.05, 3.63) is 65.0 Å². The molecule has 22 heavy (non-hydrogen) atoms. The first kappa shape index (κ1) is 15.5. The lowest BCUT2D eigenvalue weighted by Crippen LogP contribution is -2.42. The maximum absolute atomic E-state index is 12.8. The van der Waals surface area contributed by atoms with Crippen LogP contribution in [-0.2, 0) is 11.2 Å². The Morgan fingerprint density at radius 1 is 1.09 bits per heavy atom. The third kappa shape index (κ3) is 4.05. The number of amides is 2. The zero-order chi connectivity index (χ0) is 16.1. The van der Waals surface area contributed by atoms with Gasteiger partial charge in [0.25, 0.3) is 5.91 Å². The van der Waals surface area contributed by atoms with Gasteiger partial charge in [0.2, 0.25) is 5.91 Å². The monoisotopic (exact) mass is 302 g/mol. The van der Waals surface area contributed by atoms with E-state index in [0.717, 1.165) is 5.56 Å². The van der Waals surface area contributed by atoms with E-state index in [9.17, 15) is 19.1 Å². The number of rotatable bonds is 3. The summed E-state index contributed by atoms with van der Waals surface area (Å²) in [6, 6.07) is 10.1. The molecule has 0 aromatic heterocycles. The second-order valence-corrected chi connectivity index (χ2v) is 4.83. The van der Waals surface area contributed by atoms with Gasteiger partial charge in [-0.05, 0) is 42.3 Å². The van der Waals surface area contributed by atoms with E-state index in [0.29, 0.717) is 5.56 Å². The molecule has 5 nitrogen and oxygen atoms in total. The van der Waals surface area contributed by atoms with Gasteiger partial charge in [-0.3, -0.25) is 20.4 Å². The van der Waals surface area contributed by atoms with Crippen LogP contribution in [0.25, 0.3) is 0 Å². The molecule has 0 aliphatic heterocycles. The van der Waals surface area contributed by atoms with Crippen LogP contribution >= 0.6 is 0 Å². The number of hydrogen-bond donors (Lipinski definition) is 3. The summed E-state index contributed by atoms with van der Waals surface area (Å²) >= 11 is 0. The summed E-state index contributed by atoms with van der Waals surface area (Å²) in [6.07, 6.45) is 0.000436. The van der Waals surface area contributed by atoms with Gasteiger partial charge >= 0.3 is 0 Å². The second-order valence-electron chi connectivity index (χ2n) is 4.83. The number of carbonyl (C=O) groups is 2. The molecule has 0 spiro atoms. The number of hydrogen-bond acceptors (Lipinski definition) is 3. The molecule has 0 saturated heterocycles. The van der Waals surface area contributed by atoms with E-state index in [-0.39, 0.29) is 23.6 Å². The minimum atomic E-state index is -0.620. The van der Waals surface area contributed by atoms with Crippen molar-refractivity contribution in [3.8, 4) is 5.75 Å². The molecule has 2 aromatic carbocycles. The molecule has 0 radical (unpaired) electrons. The molecule has 0 heterocycles. The summed E-state index contributed by atoms with van der Waals surface area (Å²) in [5.41, 5.74) is 5.95. The predicted molar refractivity (Wildman–Crippen MR) is 78.6 cm³/mol. The van der Waals surface area contributed by atoms with Crippen LogP contribution in [-0.4, -0.2) is 16.9 Å². The molecule has 0 saturated carbocycles. The lowest BCUT2D eigenvalue weighted by atomic mass is 10.1. The highest BCUT2D eigenvalue weighted by Crippen LogP contribution is 2.17. The van der Waals surface area contributed by atoms with Gasteiger partial charge < -0.3 is 5.11 Å². The molecule has 2 rings (SSSR count). The highest BCUT2D eigenvalue weighted by atomic mass is 19.1. The second kappa shape index (κ2) is 6.71. The van der Waals surface area contributed by atoms with Crippen molar-refractivity contribution in [1.82, 2.24) is 10.9 Å². The number of benzene rings is 2. The van der Waals surface area contributed by atoms with Crippen LogP contribution in [0.3, 0.4) is 0 Å². The molecule has 0 aliphatic carbocycles. The Labute approximate surface area is 126 Å². The predicted octanol–water partition coefficient (Wildman–Crippen LogP) is 1.84. The van der Waals surface area contributed by atoms with E-state index in [1.807, 2.05) is 0 Å². The zero-order valence-corrected chi connectivity index (χ0v) is 11.9. The number of carbonyl (C=O) groups excluding carboxylic acids is 2. The molecule has 0 atom stereocenters. The van der Waals surface area contributed by atoms with E-state index in [1.165, 1.54) is 36.4 Å². The van der Waals surface area contributed by atoms with Gasteiger partial charge in [0, 0.05) is 0 Å². The summed E-state index contributed by atoms with van der Waals surface area (Å²) < 4.78 is 12.8. The van der Waals surface area contributed by atoms with Crippen LogP contribution in [0, 0.1) is 12.7 Å². The maximum atomic E-state index is 12.8. The number of nitrogens with one attached hydrogen (secondary N) is 2. The van der Waals surface area contributed by atoms with Gasteiger partial charge in [0.1, 0.15) is 11.6 Å². The van der Waals surface area contributed by atoms with Gasteiger partial charge in [0.05, 0.1) is 12.0 Å². The fourth-order valence-corrected chi connectivity index (χ4v) is 1.86. The Morgan fingerprint density at radius 3 is 2.41 bits per heavy atom. The standard InChI is InChI=1S/C16H15FN2O3/c1-10-2-7-13(14(20)8-10)16(22)19-18-15(21)9-11-3-5-12(17)6-4-11/h2-8,20H,9H2,1H3,(H,18,21)(H,19,22). The first-order valence-corrected chi connectivity index (χ1v) is 6.59. The summed E-state index contributed by atoms with van der Waals surface area (Å²) in [5.74, 6) is -1.62. The van der Waals surface area contributed by atoms with Crippen LogP contribution in [0.15, 0.2) is 42.5 Å². The first-order chi connectivity index (χ1) is 10.5. The Morgan fingerprint density at radius 2 is 1.77 bits per heavy atom. The SMILES string of the molecule is Cc1ccc(C(=O)NNC(=O)Cc2ccc(F)cc2)c(O)c1. The minimum Gasteiger partial charge on any atom is -0.507 e. The van der Waals surface area contributed by atoms with E-state index in [2.05, 4.69) is 10.9 Å². The topological polar surface area (TPSA) is 78.4 Å². The Bertz CT molecular complexity index is 699. The lowest BCUT2D eigenvalue weighted by Gasteiger charge is -2.09. The maximum Gasteiger partial charge on any atom is 0.273 e. The molecular formula is C16H15FN2O3. The zero-order valence-electron chi connectivity index (χ0n) is 11.9. The molecule has 0 fully saturated rings. The van der Waals surface area contributed by atoms with Crippen LogP contribution in [0.2, 0.25) is 0 Å².